The van der Waals surface area contributed by atoms with E-state index in [2.05, 4.69) is 5.32 Å². The fraction of sp³-hybridized carbons (Fsp3) is 0.333. The second-order valence-corrected chi connectivity index (χ2v) is 6.76. The van der Waals surface area contributed by atoms with Crippen LogP contribution in [0.5, 0.6) is 11.5 Å². The van der Waals surface area contributed by atoms with Crippen LogP contribution in [0.1, 0.15) is 17.3 Å². The number of anilines is 1. The van der Waals surface area contributed by atoms with Crippen molar-refractivity contribution in [2.45, 2.75) is 37.6 Å². The molecular weight excluding hydrogens is 410 g/mol. The molecule has 0 saturated carbocycles. The summed E-state index contributed by atoms with van der Waals surface area (Å²) >= 11 is 0. The third-order valence-electron chi connectivity index (χ3n) is 4.61. The Balaban J connectivity index is 1.76. The molecule has 2 aromatic carbocycles. The maximum absolute atomic E-state index is 12.7. The van der Waals surface area contributed by atoms with E-state index in [1.165, 1.54) is 12.1 Å². The van der Waals surface area contributed by atoms with Crippen molar-refractivity contribution in [2.24, 2.45) is 0 Å². The summed E-state index contributed by atoms with van der Waals surface area (Å²) in [6.45, 7) is 2.37. The Bertz CT molecular complexity index is 917. The van der Waals surface area contributed by atoms with Gasteiger partial charge in [-0.15, -0.1) is 0 Å². The SMILES string of the molecule is CCOc1ccc(NC(=O)c2ccccc2O[C@@H]2O[C@H](C(=O)O)[C@@H](O)[C@H](O)[C@H]2O)cc1. The summed E-state index contributed by atoms with van der Waals surface area (Å²) in [6, 6.07) is 12.8. The zero-order valence-electron chi connectivity index (χ0n) is 16.5. The van der Waals surface area contributed by atoms with Gasteiger partial charge in [-0.2, -0.15) is 0 Å². The molecule has 166 valence electrons. The number of amides is 1. The van der Waals surface area contributed by atoms with Crippen molar-refractivity contribution >= 4 is 17.6 Å². The third-order valence-corrected chi connectivity index (χ3v) is 4.61. The number of aliphatic hydroxyl groups is 3. The van der Waals surface area contributed by atoms with Gasteiger partial charge in [-0.25, -0.2) is 4.79 Å². The molecule has 1 fully saturated rings. The zero-order valence-corrected chi connectivity index (χ0v) is 16.5. The Labute approximate surface area is 177 Å². The van der Waals surface area contributed by atoms with Gasteiger partial charge in [-0.05, 0) is 43.3 Å². The lowest BCUT2D eigenvalue weighted by molar-refractivity contribution is -0.271. The molecule has 1 saturated heterocycles. The summed E-state index contributed by atoms with van der Waals surface area (Å²) in [7, 11) is 0. The zero-order chi connectivity index (χ0) is 22.5. The molecule has 0 aromatic heterocycles. The average Bonchev–Trinajstić information content (AvgIpc) is 2.75. The summed E-state index contributed by atoms with van der Waals surface area (Å²) in [5.41, 5.74) is 0.585. The number of rotatable bonds is 7. The molecule has 0 aliphatic carbocycles. The van der Waals surface area contributed by atoms with Gasteiger partial charge < -0.3 is 40.0 Å². The molecule has 0 radical (unpaired) electrons. The lowest BCUT2D eigenvalue weighted by Crippen LogP contribution is -2.61. The number of carboxylic acids is 1. The number of aliphatic hydroxyl groups excluding tert-OH is 3. The van der Waals surface area contributed by atoms with E-state index in [-0.39, 0.29) is 11.3 Å². The fourth-order valence-electron chi connectivity index (χ4n) is 3.03. The van der Waals surface area contributed by atoms with Gasteiger partial charge in [0.1, 0.15) is 29.8 Å². The van der Waals surface area contributed by atoms with E-state index < -0.39 is 42.6 Å². The van der Waals surface area contributed by atoms with Crippen LogP contribution in [-0.2, 0) is 9.53 Å². The largest absolute Gasteiger partial charge is 0.494 e. The van der Waals surface area contributed by atoms with Gasteiger partial charge >= 0.3 is 5.97 Å². The molecule has 5 N–H and O–H groups in total. The topological polar surface area (TPSA) is 155 Å². The van der Waals surface area contributed by atoms with Crippen LogP contribution in [0.2, 0.25) is 0 Å². The predicted octanol–water partition coefficient (Wildman–Crippen LogP) is 0.609. The number of hydrogen-bond acceptors (Lipinski definition) is 8. The van der Waals surface area contributed by atoms with Crippen LogP contribution in [-0.4, -0.2) is 69.6 Å². The first-order chi connectivity index (χ1) is 14.8. The maximum atomic E-state index is 12.7. The van der Waals surface area contributed by atoms with Gasteiger partial charge in [-0.3, -0.25) is 4.79 Å². The summed E-state index contributed by atoms with van der Waals surface area (Å²) in [6.07, 6.45) is -8.84. The van der Waals surface area contributed by atoms with Gasteiger partial charge in [0.05, 0.1) is 12.2 Å². The smallest absolute Gasteiger partial charge is 0.335 e. The first-order valence-electron chi connectivity index (χ1n) is 9.54. The summed E-state index contributed by atoms with van der Waals surface area (Å²) < 4.78 is 16.0. The van der Waals surface area contributed by atoms with E-state index in [4.69, 9.17) is 19.3 Å². The van der Waals surface area contributed by atoms with Gasteiger partial charge in [0.25, 0.3) is 5.91 Å². The van der Waals surface area contributed by atoms with E-state index in [9.17, 15) is 24.9 Å². The summed E-state index contributed by atoms with van der Waals surface area (Å²) in [4.78, 5) is 24.0. The van der Waals surface area contributed by atoms with E-state index >= 15 is 0 Å². The molecule has 0 spiro atoms. The highest BCUT2D eigenvalue weighted by molar-refractivity contribution is 6.06. The van der Waals surface area contributed by atoms with Crippen LogP contribution < -0.4 is 14.8 Å². The van der Waals surface area contributed by atoms with Crippen molar-refractivity contribution in [2.75, 3.05) is 11.9 Å². The second-order valence-electron chi connectivity index (χ2n) is 6.76. The van der Waals surface area contributed by atoms with Gasteiger partial charge in [0.15, 0.2) is 6.10 Å². The number of ether oxygens (including phenoxy) is 3. The van der Waals surface area contributed by atoms with E-state index in [1.807, 2.05) is 6.92 Å². The molecule has 31 heavy (non-hydrogen) atoms. The number of para-hydroxylation sites is 1. The predicted molar refractivity (Wildman–Crippen MR) is 107 cm³/mol. The first kappa shape index (κ1) is 22.5. The van der Waals surface area contributed by atoms with Crippen molar-refractivity contribution in [3.8, 4) is 11.5 Å². The fourth-order valence-corrected chi connectivity index (χ4v) is 3.03. The van der Waals surface area contributed by atoms with Gasteiger partial charge in [0.2, 0.25) is 6.29 Å². The molecule has 1 amide bonds. The number of nitrogens with one attached hydrogen (secondary N) is 1. The Morgan fingerprint density at radius 1 is 1.00 bits per heavy atom. The maximum Gasteiger partial charge on any atom is 0.335 e. The molecule has 1 aliphatic rings. The van der Waals surface area contributed by atoms with E-state index in [1.54, 1.807) is 36.4 Å². The van der Waals surface area contributed by atoms with Crippen molar-refractivity contribution in [1.82, 2.24) is 0 Å². The molecule has 0 bridgehead atoms. The molecule has 3 rings (SSSR count). The van der Waals surface area contributed by atoms with Crippen LogP contribution >= 0.6 is 0 Å². The van der Waals surface area contributed by atoms with Crippen molar-refractivity contribution in [3.63, 3.8) is 0 Å². The molecule has 10 nitrogen and oxygen atoms in total. The number of benzene rings is 2. The van der Waals surface area contributed by atoms with Crippen LogP contribution in [0, 0.1) is 0 Å². The highest BCUT2D eigenvalue weighted by Gasteiger charge is 2.48. The van der Waals surface area contributed by atoms with Crippen molar-refractivity contribution in [1.29, 1.82) is 0 Å². The highest BCUT2D eigenvalue weighted by atomic mass is 16.7. The van der Waals surface area contributed by atoms with Crippen LogP contribution in [0.15, 0.2) is 48.5 Å². The summed E-state index contributed by atoms with van der Waals surface area (Å²) in [5.74, 6) is -1.42. The molecule has 10 heteroatoms. The molecule has 5 atom stereocenters. The van der Waals surface area contributed by atoms with Crippen LogP contribution in [0.3, 0.4) is 0 Å². The Hall–Kier alpha value is -3.18. The lowest BCUT2D eigenvalue weighted by Gasteiger charge is -2.38. The minimum absolute atomic E-state index is 0.0114. The Morgan fingerprint density at radius 3 is 2.32 bits per heavy atom. The molecule has 1 heterocycles. The molecule has 0 unspecified atom stereocenters. The number of carbonyl (C=O) groups excluding carboxylic acids is 1. The monoisotopic (exact) mass is 433 g/mol. The second kappa shape index (κ2) is 9.75. The van der Waals surface area contributed by atoms with Crippen LogP contribution in [0.25, 0.3) is 0 Å². The quantitative estimate of drug-likeness (QED) is 0.422. The first-order valence-corrected chi connectivity index (χ1v) is 9.54. The van der Waals surface area contributed by atoms with E-state index in [0.717, 1.165) is 0 Å². The van der Waals surface area contributed by atoms with Crippen molar-refractivity contribution < 1.29 is 44.2 Å². The Kier molecular flexibility index (Phi) is 7.08. The molecule has 2 aromatic rings. The average molecular weight is 433 g/mol. The van der Waals surface area contributed by atoms with Gasteiger partial charge in [-0.1, -0.05) is 12.1 Å². The minimum Gasteiger partial charge on any atom is -0.494 e. The highest BCUT2D eigenvalue weighted by Crippen LogP contribution is 2.27. The minimum atomic E-state index is -1.84. The lowest BCUT2D eigenvalue weighted by atomic mass is 9.99. The number of carboxylic acid groups (broad SMARTS) is 1. The summed E-state index contributed by atoms with van der Waals surface area (Å²) in [5, 5.41) is 41.7. The van der Waals surface area contributed by atoms with Crippen molar-refractivity contribution in [3.05, 3.63) is 54.1 Å². The van der Waals surface area contributed by atoms with Crippen LogP contribution in [0.4, 0.5) is 5.69 Å². The Morgan fingerprint density at radius 2 is 1.68 bits per heavy atom. The standard InChI is InChI=1S/C21H23NO9/c1-2-29-12-9-7-11(8-10-12)22-19(26)13-5-3-4-6-14(13)30-21-17(25)15(23)16(24)18(31-21)20(27)28/h3-10,15-18,21,23-25H,2H2,1H3,(H,22,26)(H,27,28)/t15-,16-,17+,18-,21+/m0/s1. The number of carbonyl (C=O) groups is 2. The van der Waals surface area contributed by atoms with Gasteiger partial charge in [0, 0.05) is 5.69 Å². The normalized spacial score (nSPS) is 25.5. The molecule has 1 aliphatic heterocycles. The number of aliphatic carboxylic acids is 1. The third kappa shape index (κ3) is 5.12. The molecular formula is C21H23NO9. The number of hydrogen-bond donors (Lipinski definition) is 5. The van der Waals surface area contributed by atoms with E-state index in [0.29, 0.717) is 18.0 Å².